The highest BCUT2D eigenvalue weighted by Gasteiger charge is 2.11. The lowest BCUT2D eigenvalue weighted by atomic mass is 10.2. The molecule has 0 saturated heterocycles. The highest BCUT2D eigenvalue weighted by Crippen LogP contribution is 2.23. The number of halogens is 1. The maximum atomic E-state index is 12.9. The van der Waals surface area contributed by atoms with Crippen LogP contribution in [0.4, 0.5) is 10.1 Å². The summed E-state index contributed by atoms with van der Waals surface area (Å²) >= 11 is 1.60. The minimum absolute atomic E-state index is 0.127. The van der Waals surface area contributed by atoms with E-state index >= 15 is 0 Å². The molecule has 5 heteroatoms. The fourth-order valence-electron chi connectivity index (χ4n) is 1.44. The molecule has 1 atom stereocenters. The Morgan fingerprint density at radius 1 is 1.44 bits per heavy atom. The van der Waals surface area contributed by atoms with Crippen LogP contribution in [-0.2, 0) is 0 Å². The summed E-state index contributed by atoms with van der Waals surface area (Å²) in [5.74, 6) is -0.473. The Bertz CT molecular complexity index is 444. The smallest absolute Gasteiger partial charge is 0.214 e. The van der Waals surface area contributed by atoms with E-state index in [1.807, 2.05) is 5.38 Å². The first-order valence-corrected chi connectivity index (χ1v) is 5.95. The number of hydrogen-bond acceptors (Lipinski definition) is 4. The first-order valence-electron chi connectivity index (χ1n) is 5.07. The van der Waals surface area contributed by atoms with Gasteiger partial charge in [0, 0.05) is 29.5 Å². The van der Waals surface area contributed by atoms with Gasteiger partial charge in [0.1, 0.15) is 5.01 Å². The third-order valence-electron chi connectivity index (χ3n) is 2.23. The molecule has 3 nitrogen and oxygen atoms in total. The zero-order valence-electron chi connectivity index (χ0n) is 8.85. The van der Waals surface area contributed by atoms with E-state index in [-0.39, 0.29) is 6.04 Å². The van der Waals surface area contributed by atoms with Gasteiger partial charge >= 0.3 is 0 Å². The molecule has 84 valence electrons. The van der Waals surface area contributed by atoms with Crippen LogP contribution >= 0.6 is 11.3 Å². The molecule has 2 aromatic heterocycles. The average Bonchev–Trinajstić information content (AvgIpc) is 2.79. The zero-order valence-corrected chi connectivity index (χ0v) is 9.67. The van der Waals surface area contributed by atoms with Crippen LogP contribution in [0.15, 0.2) is 29.9 Å². The molecule has 0 fully saturated rings. The van der Waals surface area contributed by atoms with Gasteiger partial charge in [0.2, 0.25) is 5.95 Å². The molecule has 2 aromatic rings. The summed E-state index contributed by atoms with van der Waals surface area (Å²) in [5.41, 5.74) is 0.731. The van der Waals surface area contributed by atoms with Crippen molar-refractivity contribution in [2.24, 2.45) is 0 Å². The number of rotatable bonds is 4. The van der Waals surface area contributed by atoms with Crippen LogP contribution in [0.25, 0.3) is 0 Å². The summed E-state index contributed by atoms with van der Waals surface area (Å²) < 4.78 is 12.9. The Labute approximate surface area is 97.4 Å². The molecule has 0 aliphatic carbocycles. The third kappa shape index (κ3) is 2.55. The quantitative estimate of drug-likeness (QED) is 0.829. The first kappa shape index (κ1) is 11.0. The van der Waals surface area contributed by atoms with Crippen LogP contribution in [-0.4, -0.2) is 9.97 Å². The predicted molar refractivity (Wildman–Crippen MR) is 63.0 cm³/mol. The fourth-order valence-corrected chi connectivity index (χ4v) is 2.21. The standard InChI is InChI=1S/C11H12FN3S/c1-2-9(11-14-5-6-16-11)15-8-3-4-13-10(12)7-8/h3-7,9H,2H2,1H3,(H,13,15). The minimum Gasteiger partial charge on any atom is -0.376 e. The SMILES string of the molecule is CCC(Nc1ccnc(F)c1)c1nccs1. The summed E-state index contributed by atoms with van der Waals surface area (Å²) in [6, 6.07) is 3.26. The number of nitrogens with one attached hydrogen (secondary N) is 1. The van der Waals surface area contributed by atoms with Gasteiger partial charge in [0.05, 0.1) is 6.04 Å². The van der Waals surface area contributed by atoms with Crippen molar-refractivity contribution in [3.05, 3.63) is 40.9 Å². The van der Waals surface area contributed by atoms with Crippen LogP contribution in [0.3, 0.4) is 0 Å². The molecule has 0 aliphatic heterocycles. The minimum atomic E-state index is -0.473. The average molecular weight is 237 g/mol. The van der Waals surface area contributed by atoms with Gasteiger partial charge in [-0.15, -0.1) is 11.3 Å². The molecular weight excluding hydrogens is 225 g/mol. The summed E-state index contributed by atoms with van der Waals surface area (Å²) in [6.45, 7) is 2.07. The van der Waals surface area contributed by atoms with E-state index in [2.05, 4.69) is 22.2 Å². The number of aromatic nitrogens is 2. The molecule has 16 heavy (non-hydrogen) atoms. The number of thiazole rings is 1. The second kappa shape index (κ2) is 5.03. The van der Waals surface area contributed by atoms with E-state index in [4.69, 9.17) is 0 Å². The Kier molecular flexibility index (Phi) is 3.46. The lowest BCUT2D eigenvalue weighted by Crippen LogP contribution is -2.09. The van der Waals surface area contributed by atoms with Crippen molar-refractivity contribution in [3.63, 3.8) is 0 Å². The van der Waals surface area contributed by atoms with Crippen molar-refractivity contribution in [3.8, 4) is 0 Å². The number of hydrogen-bond donors (Lipinski definition) is 1. The van der Waals surface area contributed by atoms with Crippen LogP contribution in [0.2, 0.25) is 0 Å². The molecule has 0 radical (unpaired) electrons. The van der Waals surface area contributed by atoms with Crippen LogP contribution in [0.5, 0.6) is 0 Å². The normalized spacial score (nSPS) is 12.4. The lowest BCUT2D eigenvalue weighted by molar-refractivity contribution is 0.583. The lowest BCUT2D eigenvalue weighted by Gasteiger charge is -2.15. The molecule has 2 rings (SSSR count). The molecular formula is C11H12FN3S. The topological polar surface area (TPSA) is 37.8 Å². The highest BCUT2D eigenvalue weighted by atomic mass is 32.1. The van der Waals surface area contributed by atoms with Crippen molar-refractivity contribution < 1.29 is 4.39 Å². The maximum absolute atomic E-state index is 12.9. The van der Waals surface area contributed by atoms with E-state index in [1.54, 1.807) is 23.6 Å². The van der Waals surface area contributed by atoms with E-state index < -0.39 is 5.95 Å². The molecule has 0 aliphatic rings. The fraction of sp³-hybridized carbons (Fsp3) is 0.273. The predicted octanol–water partition coefficient (Wildman–Crippen LogP) is 3.24. The molecule has 0 bridgehead atoms. The molecule has 1 N–H and O–H groups in total. The van der Waals surface area contributed by atoms with Crippen molar-refractivity contribution in [1.82, 2.24) is 9.97 Å². The molecule has 0 spiro atoms. The highest BCUT2D eigenvalue weighted by molar-refractivity contribution is 7.09. The molecule has 1 unspecified atom stereocenters. The van der Waals surface area contributed by atoms with Crippen LogP contribution in [0.1, 0.15) is 24.4 Å². The second-order valence-electron chi connectivity index (χ2n) is 3.34. The summed E-state index contributed by atoms with van der Waals surface area (Å²) in [6.07, 6.45) is 4.13. The van der Waals surface area contributed by atoms with Crippen molar-refractivity contribution in [2.75, 3.05) is 5.32 Å². The van der Waals surface area contributed by atoms with Gasteiger partial charge in [-0.05, 0) is 12.5 Å². The Morgan fingerprint density at radius 2 is 2.31 bits per heavy atom. The van der Waals surface area contributed by atoms with E-state index in [0.29, 0.717) is 0 Å². The van der Waals surface area contributed by atoms with E-state index in [0.717, 1.165) is 17.1 Å². The zero-order chi connectivity index (χ0) is 11.4. The van der Waals surface area contributed by atoms with E-state index in [9.17, 15) is 4.39 Å². The van der Waals surface area contributed by atoms with Crippen molar-refractivity contribution >= 4 is 17.0 Å². The number of nitrogens with zero attached hydrogens (tertiary/aromatic N) is 2. The third-order valence-corrected chi connectivity index (χ3v) is 3.11. The van der Waals surface area contributed by atoms with Gasteiger partial charge < -0.3 is 5.32 Å². The largest absolute Gasteiger partial charge is 0.376 e. The Hall–Kier alpha value is -1.49. The number of anilines is 1. The van der Waals surface area contributed by atoms with Crippen molar-refractivity contribution in [1.29, 1.82) is 0 Å². The second-order valence-corrected chi connectivity index (χ2v) is 4.27. The van der Waals surface area contributed by atoms with Gasteiger partial charge in [-0.2, -0.15) is 4.39 Å². The first-order chi connectivity index (χ1) is 7.79. The van der Waals surface area contributed by atoms with Gasteiger partial charge in [-0.3, -0.25) is 0 Å². The van der Waals surface area contributed by atoms with Crippen LogP contribution in [0, 0.1) is 5.95 Å². The van der Waals surface area contributed by atoms with Gasteiger partial charge in [-0.1, -0.05) is 6.92 Å². The van der Waals surface area contributed by atoms with E-state index in [1.165, 1.54) is 12.3 Å². The molecule has 0 amide bonds. The monoisotopic (exact) mass is 237 g/mol. The van der Waals surface area contributed by atoms with Crippen LogP contribution < -0.4 is 5.32 Å². The summed E-state index contributed by atoms with van der Waals surface area (Å²) in [4.78, 5) is 7.77. The maximum Gasteiger partial charge on any atom is 0.214 e. The Balaban J connectivity index is 2.13. The molecule has 2 heterocycles. The van der Waals surface area contributed by atoms with Crippen molar-refractivity contribution in [2.45, 2.75) is 19.4 Å². The molecule has 0 aromatic carbocycles. The Morgan fingerprint density at radius 3 is 2.94 bits per heavy atom. The number of pyridine rings is 1. The summed E-state index contributed by atoms with van der Waals surface area (Å²) in [5, 5.41) is 6.19. The molecule has 0 saturated carbocycles. The van der Waals surface area contributed by atoms with Gasteiger partial charge in [0.15, 0.2) is 0 Å². The van der Waals surface area contributed by atoms with Gasteiger partial charge in [0.25, 0.3) is 0 Å². The van der Waals surface area contributed by atoms with Gasteiger partial charge in [-0.25, -0.2) is 9.97 Å². The summed E-state index contributed by atoms with van der Waals surface area (Å²) in [7, 11) is 0.